The predicted molar refractivity (Wildman–Crippen MR) is 83.9 cm³/mol. The van der Waals surface area contributed by atoms with Crippen LogP contribution in [0.4, 0.5) is 4.48 Å². The molecule has 0 radical (unpaired) electrons. The van der Waals surface area contributed by atoms with Crippen LogP contribution in [0, 0.1) is 0 Å². The number of quaternary nitrogens is 1. The van der Waals surface area contributed by atoms with E-state index in [0.717, 1.165) is 35.7 Å². The quantitative estimate of drug-likeness (QED) is 0.721. The number of nitrogens with zero attached hydrogens (tertiary/aromatic N) is 2. The number of fused-ring (bicyclic) bond motifs is 1. The van der Waals surface area contributed by atoms with E-state index in [4.69, 9.17) is 4.74 Å². The first-order valence-electron chi connectivity index (χ1n) is 7.54. The smallest absolute Gasteiger partial charge is 0.221 e. The molecule has 0 saturated carbocycles. The number of aromatic nitrogens is 1. The summed E-state index contributed by atoms with van der Waals surface area (Å²) < 4.78 is 18.6. The first-order chi connectivity index (χ1) is 9.99. The summed E-state index contributed by atoms with van der Waals surface area (Å²) in [5.41, 5.74) is 1.04. The number of hydrogen-bond acceptors (Lipinski definition) is 2. The Morgan fingerprint density at radius 2 is 2.00 bits per heavy atom. The van der Waals surface area contributed by atoms with Crippen LogP contribution in [0.1, 0.15) is 25.5 Å². The summed E-state index contributed by atoms with van der Waals surface area (Å²) in [7, 11) is 3.01. The largest absolute Gasteiger partial charge is 0.471 e. The molecule has 1 aromatic heterocycles. The van der Waals surface area contributed by atoms with Crippen molar-refractivity contribution in [2.45, 2.75) is 26.2 Å². The maximum absolute atomic E-state index is 13.5. The SMILES string of the molecule is CCCCc1cc2ccccc2c(OCC[N+](C)(C)F)n1. The zero-order valence-electron chi connectivity index (χ0n) is 13.1. The lowest BCUT2D eigenvalue weighted by atomic mass is 10.1. The zero-order chi connectivity index (χ0) is 15.3. The molecular weight excluding hydrogens is 267 g/mol. The number of ether oxygens (including phenoxy) is 1. The minimum absolute atomic E-state index is 0.301. The van der Waals surface area contributed by atoms with Crippen LogP contribution in [-0.4, -0.2) is 36.9 Å². The number of rotatable bonds is 7. The molecule has 0 N–H and O–H groups in total. The van der Waals surface area contributed by atoms with Crippen LogP contribution in [-0.2, 0) is 6.42 Å². The molecule has 4 heteroatoms. The first kappa shape index (κ1) is 15.7. The standard InChI is InChI=1S/C17H24FN2O/c1-4-5-9-15-13-14-8-6-7-10-16(14)17(19-15)21-12-11-20(2,3)18/h6-8,10,13H,4-5,9,11-12H2,1-3H3/q+1. The first-order valence-corrected chi connectivity index (χ1v) is 7.54. The van der Waals surface area contributed by atoms with Crippen LogP contribution in [0.25, 0.3) is 10.8 Å². The van der Waals surface area contributed by atoms with Crippen molar-refractivity contribution in [1.82, 2.24) is 4.98 Å². The Bertz CT molecular complexity index is 593. The molecule has 0 bridgehead atoms. The molecular formula is C17H24FN2O+. The van der Waals surface area contributed by atoms with Crippen LogP contribution in [0.15, 0.2) is 30.3 Å². The minimum Gasteiger partial charge on any atom is -0.471 e. The fraction of sp³-hybridized carbons (Fsp3) is 0.471. The molecule has 0 spiro atoms. The Labute approximate surface area is 125 Å². The van der Waals surface area contributed by atoms with Gasteiger partial charge in [-0.05, 0) is 34.8 Å². The van der Waals surface area contributed by atoms with E-state index in [1.807, 2.05) is 18.2 Å². The summed E-state index contributed by atoms with van der Waals surface area (Å²) >= 11 is 0. The number of aryl methyl sites for hydroxylation is 1. The maximum Gasteiger partial charge on any atom is 0.221 e. The Morgan fingerprint density at radius 3 is 2.71 bits per heavy atom. The average molecular weight is 291 g/mol. The van der Waals surface area contributed by atoms with Gasteiger partial charge in [-0.1, -0.05) is 31.5 Å². The van der Waals surface area contributed by atoms with Crippen molar-refractivity contribution < 1.29 is 13.9 Å². The number of likely N-dealkylation sites (N-methyl/N-ethyl adjacent to an activating group) is 1. The molecule has 0 aliphatic heterocycles. The highest BCUT2D eigenvalue weighted by molar-refractivity contribution is 5.87. The molecule has 0 amide bonds. The monoisotopic (exact) mass is 291 g/mol. The second-order valence-corrected chi connectivity index (χ2v) is 5.85. The van der Waals surface area contributed by atoms with Gasteiger partial charge in [-0.15, -0.1) is 4.71 Å². The molecule has 0 fully saturated rings. The van der Waals surface area contributed by atoms with Gasteiger partial charge in [0.1, 0.15) is 27.2 Å². The van der Waals surface area contributed by atoms with Gasteiger partial charge in [0.25, 0.3) is 0 Å². The van der Waals surface area contributed by atoms with E-state index in [0.29, 0.717) is 19.0 Å². The molecule has 0 atom stereocenters. The third kappa shape index (κ3) is 4.67. The Hall–Kier alpha value is -1.68. The van der Waals surface area contributed by atoms with Gasteiger partial charge in [0.2, 0.25) is 5.88 Å². The van der Waals surface area contributed by atoms with Gasteiger partial charge in [-0.25, -0.2) is 4.98 Å². The lowest BCUT2D eigenvalue weighted by molar-refractivity contribution is -1.02. The van der Waals surface area contributed by atoms with Crippen LogP contribution in [0.3, 0.4) is 0 Å². The van der Waals surface area contributed by atoms with E-state index < -0.39 is 4.71 Å². The zero-order valence-corrected chi connectivity index (χ0v) is 13.1. The predicted octanol–water partition coefficient (Wildman–Crippen LogP) is 3.92. The third-order valence-corrected chi connectivity index (χ3v) is 3.41. The molecule has 2 aromatic rings. The summed E-state index contributed by atoms with van der Waals surface area (Å²) in [6.45, 7) is 2.78. The average Bonchev–Trinajstić information content (AvgIpc) is 2.43. The van der Waals surface area contributed by atoms with Crippen LogP contribution < -0.4 is 4.74 Å². The van der Waals surface area contributed by atoms with Gasteiger partial charge in [-0.2, -0.15) is 0 Å². The van der Waals surface area contributed by atoms with E-state index in [2.05, 4.69) is 24.0 Å². The highest BCUT2D eigenvalue weighted by atomic mass is 19.2. The number of unbranched alkanes of at least 4 members (excludes halogenated alkanes) is 1. The molecule has 21 heavy (non-hydrogen) atoms. The summed E-state index contributed by atoms with van der Waals surface area (Å²) in [4.78, 5) is 4.61. The van der Waals surface area contributed by atoms with Gasteiger partial charge in [0.05, 0.1) is 0 Å². The Kier molecular flexibility index (Phi) is 5.12. The molecule has 114 valence electrons. The second-order valence-electron chi connectivity index (χ2n) is 5.85. The van der Waals surface area contributed by atoms with Gasteiger partial charge < -0.3 is 4.74 Å². The van der Waals surface area contributed by atoms with Crippen molar-refractivity contribution in [1.29, 1.82) is 0 Å². The van der Waals surface area contributed by atoms with Crippen LogP contribution in [0.5, 0.6) is 5.88 Å². The molecule has 0 aliphatic carbocycles. The van der Waals surface area contributed by atoms with E-state index in [9.17, 15) is 4.48 Å². The number of pyridine rings is 1. The third-order valence-electron chi connectivity index (χ3n) is 3.41. The van der Waals surface area contributed by atoms with Crippen molar-refractivity contribution in [2.24, 2.45) is 0 Å². The molecule has 0 saturated heterocycles. The Balaban J connectivity index is 2.22. The van der Waals surface area contributed by atoms with Crippen molar-refractivity contribution in [2.75, 3.05) is 27.2 Å². The molecule has 1 aromatic carbocycles. The second kappa shape index (κ2) is 6.85. The number of hydrogen-bond donors (Lipinski definition) is 0. The minimum atomic E-state index is -0.604. The molecule has 2 rings (SSSR count). The Morgan fingerprint density at radius 1 is 1.24 bits per heavy atom. The van der Waals surface area contributed by atoms with Crippen molar-refractivity contribution in [3.8, 4) is 5.88 Å². The highest BCUT2D eigenvalue weighted by Gasteiger charge is 2.15. The van der Waals surface area contributed by atoms with E-state index in [-0.39, 0.29) is 0 Å². The summed E-state index contributed by atoms with van der Waals surface area (Å²) in [6, 6.07) is 10.2. The van der Waals surface area contributed by atoms with Gasteiger partial charge in [0.15, 0.2) is 0 Å². The fourth-order valence-corrected chi connectivity index (χ4v) is 2.18. The van der Waals surface area contributed by atoms with E-state index >= 15 is 0 Å². The van der Waals surface area contributed by atoms with Gasteiger partial charge in [0, 0.05) is 11.1 Å². The van der Waals surface area contributed by atoms with Crippen molar-refractivity contribution in [3.05, 3.63) is 36.0 Å². The number of halogens is 1. The molecule has 3 nitrogen and oxygen atoms in total. The lowest BCUT2D eigenvalue weighted by Gasteiger charge is -2.16. The fourth-order valence-electron chi connectivity index (χ4n) is 2.18. The van der Waals surface area contributed by atoms with Gasteiger partial charge >= 0.3 is 0 Å². The van der Waals surface area contributed by atoms with Gasteiger partial charge in [-0.3, -0.25) is 0 Å². The number of benzene rings is 1. The van der Waals surface area contributed by atoms with Crippen LogP contribution in [0.2, 0.25) is 0 Å². The lowest BCUT2D eigenvalue weighted by Crippen LogP contribution is -2.33. The van der Waals surface area contributed by atoms with E-state index in [1.165, 1.54) is 14.1 Å². The maximum atomic E-state index is 13.5. The molecule has 1 heterocycles. The highest BCUT2D eigenvalue weighted by Crippen LogP contribution is 2.25. The van der Waals surface area contributed by atoms with Crippen LogP contribution >= 0.6 is 0 Å². The topological polar surface area (TPSA) is 22.1 Å². The molecule has 0 unspecified atom stereocenters. The normalized spacial score (nSPS) is 11.8. The molecule has 0 aliphatic rings. The summed E-state index contributed by atoms with van der Waals surface area (Å²) in [6.07, 6.45) is 3.19. The van der Waals surface area contributed by atoms with E-state index in [1.54, 1.807) is 0 Å². The van der Waals surface area contributed by atoms with Crippen molar-refractivity contribution in [3.63, 3.8) is 0 Å². The van der Waals surface area contributed by atoms with Crippen molar-refractivity contribution >= 4 is 10.8 Å². The summed E-state index contributed by atoms with van der Waals surface area (Å²) in [5.74, 6) is 0.618. The summed E-state index contributed by atoms with van der Waals surface area (Å²) in [5, 5.41) is 2.12.